The van der Waals surface area contributed by atoms with E-state index < -0.39 is 0 Å². The van der Waals surface area contributed by atoms with Gasteiger partial charge in [-0.25, -0.2) is 0 Å². The largest absolute Gasteiger partial charge is 0.506 e. The van der Waals surface area contributed by atoms with Crippen LogP contribution in [-0.2, 0) is 17.8 Å². The third-order valence-corrected chi connectivity index (χ3v) is 2.11. The van der Waals surface area contributed by atoms with Gasteiger partial charge in [0.25, 0.3) is 0 Å². The van der Waals surface area contributed by atoms with E-state index in [-0.39, 0.29) is 5.75 Å². The first kappa shape index (κ1) is 11.0. The molecular weight excluding hydrogens is 178 g/mol. The second-order valence-electron chi connectivity index (χ2n) is 3.00. The van der Waals surface area contributed by atoms with Crippen LogP contribution in [-0.4, -0.2) is 16.7 Å². The summed E-state index contributed by atoms with van der Waals surface area (Å²) in [4.78, 5) is 4.24. The van der Waals surface area contributed by atoms with Crippen LogP contribution in [0.4, 0.5) is 0 Å². The first-order chi connectivity index (χ1) is 6.77. The van der Waals surface area contributed by atoms with Crippen LogP contribution in [0.2, 0.25) is 0 Å². The van der Waals surface area contributed by atoms with E-state index in [0.29, 0.717) is 12.3 Å². The van der Waals surface area contributed by atoms with Gasteiger partial charge in [0, 0.05) is 0 Å². The second-order valence-corrected chi connectivity index (χ2v) is 3.00. The van der Waals surface area contributed by atoms with Crippen molar-refractivity contribution in [3.63, 3.8) is 0 Å². The molecule has 2 rings (SSSR count). The number of fused-ring (bicyclic) bond motifs is 1. The van der Waals surface area contributed by atoms with E-state index in [1.165, 1.54) is 0 Å². The van der Waals surface area contributed by atoms with Crippen molar-refractivity contribution in [3.8, 4) is 5.75 Å². The molecule has 3 nitrogen and oxygen atoms in total. The summed E-state index contributed by atoms with van der Waals surface area (Å²) < 4.78 is 5.25. The Morgan fingerprint density at radius 1 is 1.43 bits per heavy atom. The average Bonchev–Trinajstić information content (AvgIpc) is 2.23. The maximum atomic E-state index is 9.37. The van der Waals surface area contributed by atoms with Crippen LogP contribution in [0.5, 0.6) is 5.75 Å². The summed E-state index contributed by atoms with van der Waals surface area (Å²) in [6.07, 6.45) is 0.857. The molecule has 14 heavy (non-hydrogen) atoms. The minimum Gasteiger partial charge on any atom is -0.506 e. The third-order valence-electron chi connectivity index (χ3n) is 2.11. The highest BCUT2D eigenvalue weighted by Gasteiger charge is 2.12. The Labute approximate surface area is 84.7 Å². The Bertz CT molecular complexity index is 279. The van der Waals surface area contributed by atoms with E-state index >= 15 is 0 Å². The van der Waals surface area contributed by atoms with Crippen LogP contribution in [0.1, 0.15) is 30.8 Å². The summed E-state index contributed by atoms with van der Waals surface area (Å²) in [6.45, 7) is 7.11. The van der Waals surface area contributed by atoms with Gasteiger partial charge in [-0.3, -0.25) is 4.98 Å². The molecule has 3 heteroatoms. The SMILES string of the molecule is CC.Cc1nc2c(cc1O)CCOC2. The Hall–Kier alpha value is -1.09. The third kappa shape index (κ3) is 2.23. The Morgan fingerprint density at radius 2 is 2.14 bits per heavy atom. The molecule has 0 radical (unpaired) electrons. The summed E-state index contributed by atoms with van der Waals surface area (Å²) in [6, 6.07) is 1.79. The molecule has 0 unspecified atom stereocenters. The average molecular weight is 195 g/mol. The van der Waals surface area contributed by atoms with E-state index in [0.717, 1.165) is 24.3 Å². The van der Waals surface area contributed by atoms with Crippen molar-refractivity contribution in [2.24, 2.45) is 0 Å². The van der Waals surface area contributed by atoms with E-state index in [4.69, 9.17) is 4.74 Å². The first-order valence-corrected chi connectivity index (χ1v) is 5.03. The molecule has 0 atom stereocenters. The van der Waals surface area contributed by atoms with Crippen LogP contribution in [0.15, 0.2) is 6.07 Å². The van der Waals surface area contributed by atoms with Gasteiger partial charge in [-0.1, -0.05) is 13.8 Å². The minimum atomic E-state index is 0.288. The van der Waals surface area contributed by atoms with Crippen molar-refractivity contribution in [1.29, 1.82) is 0 Å². The van der Waals surface area contributed by atoms with Gasteiger partial charge < -0.3 is 9.84 Å². The fourth-order valence-electron chi connectivity index (χ4n) is 1.38. The molecule has 0 saturated carbocycles. The standard InChI is InChI=1S/C9H11NO2.C2H6/c1-6-9(11)4-7-2-3-12-5-8(7)10-6;1-2/h4,11H,2-3,5H2,1H3;1-2H3. The van der Waals surface area contributed by atoms with E-state index in [1.807, 2.05) is 13.8 Å². The summed E-state index contributed by atoms with van der Waals surface area (Å²) in [7, 11) is 0. The first-order valence-electron chi connectivity index (χ1n) is 5.03. The highest BCUT2D eigenvalue weighted by molar-refractivity contribution is 5.34. The Morgan fingerprint density at radius 3 is 2.86 bits per heavy atom. The molecule has 1 aromatic rings. The number of pyridine rings is 1. The molecule has 0 amide bonds. The fraction of sp³-hybridized carbons (Fsp3) is 0.545. The molecule has 2 heterocycles. The van der Waals surface area contributed by atoms with Crippen molar-refractivity contribution in [2.75, 3.05) is 6.61 Å². The molecule has 1 aromatic heterocycles. The zero-order valence-electron chi connectivity index (χ0n) is 9.00. The molecule has 1 aliphatic rings. The van der Waals surface area contributed by atoms with E-state index in [9.17, 15) is 5.11 Å². The lowest BCUT2D eigenvalue weighted by Crippen LogP contribution is -2.12. The fourth-order valence-corrected chi connectivity index (χ4v) is 1.38. The summed E-state index contributed by atoms with van der Waals surface area (Å²) in [5.41, 5.74) is 2.76. The summed E-state index contributed by atoms with van der Waals surface area (Å²) in [5.74, 6) is 0.288. The summed E-state index contributed by atoms with van der Waals surface area (Å²) in [5, 5.41) is 9.37. The van der Waals surface area contributed by atoms with Crippen molar-refractivity contribution in [1.82, 2.24) is 4.98 Å². The maximum Gasteiger partial charge on any atom is 0.137 e. The molecule has 0 aliphatic carbocycles. The van der Waals surface area contributed by atoms with Gasteiger partial charge in [0.05, 0.1) is 24.6 Å². The van der Waals surface area contributed by atoms with Crippen molar-refractivity contribution >= 4 is 0 Å². The van der Waals surface area contributed by atoms with Gasteiger partial charge in [0.15, 0.2) is 0 Å². The van der Waals surface area contributed by atoms with E-state index in [2.05, 4.69) is 4.98 Å². The molecular formula is C11H17NO2. The topological polar surface area (TPSA) is 42.4 Å². The van der Waals surface area contributed by atoms with Gasteiger partial charge in [-0.05, 0) is 25.0 Å². The number of nitrogens with zero attached hydrogens (tertiary/aromatic N) is 1. The normalized spacial score (nSPS) is 13.9. The molecule has 0 spiro atoms. The number of aromatic hydroxyl groups is 1. The Balaban J connectivity index is 0.000000461. The smallest absolute Gasteiger partial charge is 0.137 e. The predicted molar refractivity (Wildman–Crippen MR) is 55.3 cm³/mol. The predicted octanol–water partition coefficient (Wildman–Crippen LogP) is 2.19. The number of ether oxygens (including phenoxy) is 1. The lowest BCUT2D eigenvalue weighted by molar-refractivity contribution is 0.107. The van der Waals surface area contributed by atoms with Crippen LogP contribution in [0.3, 0.4) is 0 Å². The van der Waals surface area contributed by atoms with Crippen LogP contribution >= 0.6 is 0 Å². The second kappa shape index (κ2) is 4.96. The van der Waals surface area contributed by atoms with Crippen molar-refractivity contribution in [3.05, 3.63) is 23.0 Å². The molecule has 78 valence electrons. The minimum absolute atomic E-state index is 0.288. The maximum absolute atomic E-state index is 9.37. The summed E-state index contributed by atoms with van der Waals surface area (Å²) >= 11 is 0. The number of aryl methyl sites for hydroxylation is 1. The molecule has 1 N–H and O–H groups in total. The van der Waals surface area contributed by atoms with Gasteiger partial charge in [0.2, 0.25) is 0 Å². The molecule has 0 saturated heterocycles. The van der Waals surface area contributed by atoms with Gasteiger partial charge in [0.1, 0.15) is 5.75 Å². The quantitative estimate of drug-likeness (QED) is 0.690. The van der Waals surface area contributed by atoms with Crippen LogP contribution in [0, 0.1) is 6.92 Å². The van der Waals surface area contributed by atoms with Gasteiger partial charge in [-0.15, -0.1) is 0 Å². The van der Waals surface area contributed by atoms with E-state index in [1.54, 1.807) is 13.0 Å². The lowest BCUT2D eigenvalue weighted by atomic mass is 10.1. The number of hydrogen-bond donors (Lipinski definition) is 1. The lowest BCUT2D eigenvalue weighted by Gasteiger charge is -2.16. The number of hydrogen-bond acceptors (Lipinski definition) is 3. The van der Waals surface area contributed by atoms with Crippen molar-refractivity contribution in [2.45, 2.75) is 33.8 Å². The number of rotatable bonds is 0. The molecule has 0 fully saturated rings. The highest BCUT2D eigenvalue weighted by Crippen LogP contribution is 2.21. The van der Waals surface area contributed by atoms with Crippen molar-refractivity contribution < 1.29 is 9.84 Å². The monoisotopic (exact) mass is 195 g/mol. The zero-order chi connectivity index (χ0) is 10.6. The zero-order valence-corrected chi connectivity index (χ0v) is 9.00. The highest BCUT2D eigenvalue weighted by atomic mass is 16.5. The van der Waals surface area contributed by atoms with Crippen LogP contribution < -0.4 is 0 Å². The van der Waals surface area contributed by atoms with Gasteiger partial charge in [-0.2, -0.15) is 0 Å². The van der Waals surface area contributed by atoms with Gasteiger partial charge >= 0.3 is 0 Å². The molecule has 0 aromatic carbocycles. The molecule has 0 bridgehead atoms. The number of aromatic nitrogens is 1. The Kier molecular flexibility index (Phi) is 3.89. The molecule has 1 aliphatic heterocycles. The van der Waals surface area contributed by atoms with Crippen LogP contribution in [0.25, 0.3) is 0 Å².